The molecule has 1 aromatic rings. The lowest BCUT2D eigenvalue weighted by Gasteiger charge is -2.36. The maximum absolute atomic E-state index is 12.3. The van der Waals surface area contributed by atoms with E-state index in [4.69, 9.17) is 27.9 Å². The minimum absolute atomic E-state index is 0.0879. The Hall–Kier alpha value is -1.67. The fraction of sp³-hybridized carbons (Fsp3) is 0.385. The lowest BCUT2D eigenvalue weighted by atomic mass is 10.1. The maximum Gasteiger partial charge on any atom is 0.471 e. The first-order valence-electron chi connectivity index (χ1n) is 6.39. The van der Waals surface area contributed by atoms with Crippen LogP contribution in [0.3, 0.4) is 0 Å². The number of ether oxygens (including phenoxy) is 1. The van der Waals surface area contributed by atoms with Crippen molar-refractivity contribution in [3.05, 3.63) is 23.2 Å². The smallest absolute Gasteiger partial charge is 0.471 e. The average Bonchev–Trinajstić information content (AvgIpc) is 2.50. The molecule has 0 bridgehead atoms. The minimum Gasteiger partial charge on any atom is -0.489 e. The summed E-state index contributed by atoms with van der Waals surface area (Å²) in [6.07, 6.45) is -5.00. The molecule has 0 saturated carbocycles. The lowest BCUT2D eigenvalue weighted by molar-refractivity contribution is -0.173. The van der Waals surface area contributed by atoms with E-state index >= 15 is 0 Å². The van der Waals surface area contributed by atoms with Crippen molar-refractivity contribution in [3.63, 3.8) is 0 Å². The molecular formula is C13H11Cl2F3N2O3. The van der Waals surface area contributed by atoms with Crippen LogP contribution in [0.2, 0.25) is 5.02 Å². The first kappa shape index (κ1) is 17.7. The number of nitrogens with one attached hydrogen (secondary N) is 1. The number of anilines is 1. The van der Waals surface area contributed by atoms with Crippen molar-refractivity contribution in [2.24, 2.45) is 0 Å². The molecule has 1 aromatic carbocycles. The van der Waals surface area contributed by atoms with Gasteiger partial charge in [-0.15, -0.1) is 11.6 Å². The number of amides is 2. The number of fused-ring (bicyclic) bond motifs is 1. The number of carbonyl (C=O) groups is 2. The van der Waals surface area contributed by atoms with E-state index in [1.165, 1.54) is 17.0 Å². The van der Waals surface area contributed by atoms with Crippen molar-refractivity contribution in [3.8, 4) is 5.75 Å². The molecule has 0 radical (unpaired) electrons. The molecule has 1 atom stereocenters. The van der Waals surface area contributed by atoms with Crippen molar-refractivity contribution in [2.75, 3.05) is 23.9 Å². The molecule has 126 valence electrons. The molecular weight excluding hydrogens is 360 g/mol. The van der Waals surface area contributed by atoms with Crippen molar-refractivity contribution in [1.29, 1.82) is 0 Å². The molecule has 2 rings (SSSR count). The van der Waals surface area contributed by atoms with E-state index in [0.717, 1.165) is 0 Å². The van der Waals surface area contributed by atoms with Crippen LogP contribution in [0, 0.1) is 0 Å². The number of hydrogen-bond acceptors (Lipinski definition) is 3. The topological polar surface area (TPSA) is 58.6 Å². The highest BCUT2D eigenvalue weighted by molar-refractivity contribution is 6.31. The SMILES string of the molecule is O=C(CCl)N1c2cc(Cl)ccc2OCC1CNC(=O)C(F)(F)F. The van der Waals surface area contributed by atoms with Gasteiger partial charge in [-0.3, -0.25) is 14.5 Å². The molecule has 0 fully saturated rings. The van der Waals surface area contributed by atoms with Gasteiger partial charge in [-0.25, -0.2) is 0 Å². The van der Waals surface area contributed by atoms with Gasteiger partial charge in [0.1, 0.15) is 18.2 Å². The van der Waals surface area contributed by atoms with Gasteiger partial charge in [0.25, 0.3) is 0 Å². The van der Waals surface area contributed by atoms with E-state index in [9.17, 15) is 22.8 Å². The zero-order valence-electron chi connectivity index (χ0n) is 11.5. The minimum atomic E-state index is -5.00. The molecule has 1 aliphatic rings. The number of halogens is 5. The zero-order valence-corrected chi connectivity index (χ0v) is 13.0. The van der Waals surface area contributed by atoms with Crippen molar-refractivity contribution >= 4 is 40.7 Å². The highest BCUT2D eigenvalue weighted by atomic mass is 35.5. The largest absolute Gasteiger partial charge is 0.489 e. The number of carbonyl (C=O) groups excluding carboxylic acids is 2. The first-order valence-corrected chi connectivity index (χ1v) is 7.30. The average molecular weight is 371 g/mol. The van der Waals surface area contributed by atoms with Crippen LogP contribution in [-0.4, -0.2) is 43.1 Å². The van der Waals surface area contributed by atoms with Crippen LogP contribution in [0.4, 0.5) is 18.9 Å². The van der Waals surface area contributed by atoms with E-state index in [0.29, 0.717) is 16.5 Å². The van der Waals surface area contributed by atoms with Gasteiger partial charge in [0.15, 0.2) is 0 Å². The maximum atomic E-state index is 12.3. The van der Waals surface area contributed by atoms with Crippen LogP contribution < -0.4 is 15.0 Å². The second-order valence-corrected chi connectivity index (χ2v) is 5.39. The predicted octanol–water partition coefficient (Wildman–Crippen LogP) is 2.35. The molecule has 0 spiro atoms. The Labute approximate surface area is 139 Å². The summed E-state index contributed by atoms with van der Waals surface area (Å²) in [5.41, 5.74) is 0.292. The van der Waals surface area contributed by atoms with Gasteiger partial charge in [-0.05, 0) is 18.2 Å². The Kier molecular flexibility index (Phi) is 5.26. The van der Waals surface area contributed by atoms with Gasteiger partial charge in [0.05, 0.1) is 11.7 Å². The second kappa shape index (κ2) is 6.84. The van der Waals surface area contributed by atoms with Gasteiger partial charge in [-0.2, -0.15) is 13.2 Å². The second-order valence-electron chi connectivity index (χ2n) is 4.68. The van der Waals surface area contributed by atoms with Gasteiger partial charge in [0, 0.05) is 11.6 Å². The Morgan fingerprint density at radius 2 is 2.09 bits per heavy atom. The molecule has 2 amide bonds. The third-order valence-corrected chi connectivity index (χ3v) is 3.58. The first-order chi connectivity index (χ1) is 10.7. The molecule has 5 nitrogen and oxygen atoms in total. The summed E-state index contributed by atoms with van der Waals surface area (Å²) in [5, 5.41) is 2.05. The van der Waals surface area contributed by atoms with E-state index in [-0.39, 0.29) is 12.5 Å². The summed E-state index contributed by atoms with van der Waals surface area (Å²) in [6, 6.07) is 3.70. The fourth-order valence-electron chi connectivity index (χ4n) is 2.12. The Morgan fingerprint density at radius 1 is 1.39 bits per heavy atom. The Balaban J connectivity index is 2.23. The van der Waals surface area contributed by atoms with Crippen LogP contribution in [0.1, 0.15) is 0 Å². The molecule has 0 aromatic heterocycles. The molecule has 1 heterocycles. The Morgan fingerprint density at radius 3 is 2.70 bits per heavy atom. The van der Waals surface area contributed by atoms with Crippen LogP contribution >= 0.6 is 23.2 Å². The molecule has 1 unspecified atom stereocenters. The highest BCUT2D eigenvalue weighted by Gasteiger charge is 2.40. The summed E-state index contributed by atoms with van der Waals surface area (Å²) in [7, 11) is 0. The summed E-state index contributed by atoms with van der Waals surface area (Å²) >= 11 is 11.4. The van der Waals surface area contributed by atoms with E-state index in [1.807, 2.05) is 0 Å². The van der Waals surface area contributed by atoms with Gasteiger partial charge >= 0.3 is 12.1 Å². The van der Waals surface area contributed by atoms with Crippen molar-refractivity contribution in [1.82, 2.24) is 5.32 Å². The highest BCUT2D eigenvalue weighted by Crippen LogP contribution is 2.36. The lowest BCUT2D eigenvalue weighted by Crippen LogP contribution is -2.54. The van der Waals surface area contributed by atoms with Crippen molar-refractivity contribution < 1.29 is 27.5 Å². The van der Waals surface area contributed by atoms with Crippen molar-refractivity contribution in [2.45, 2.75) is 12.2 Å². The van der Waals surface area contributed by atoms with Crippen LogP contribution in [0.5, 0.6) is 5.75 Å². The van der Waals surface area contributed by atoms with Gasteiger partial charge < -0.3 is 10.1 Å². The summed E-state index contributed by atoms with van der Waals surface area (Å²) in [5.74, 6) is -2.65. The monoisotopic (exact) mass is 370 g/mol. The standard InChI is InChI=1S/C13H11Cl2F3N2O3/c14-4-11(21)20-8(5-19-12(22)13(16,17)18)6-23-10-2-1-7(15)3-9(10)20/h1-3,8H,4-6H2,(H,19,22). The number of rotatable bonds is 3. The van der Waals surface area contributed by atoms with E-state index in [2.05, 4.69) is 0 Å². The fourth-order valence-corrected chi connectivity index (χ4v) is 2.42. The predicted molar refractivity (Wildman–Crippen MR) is 78.0 cm³/mol. The Bertz CT molecular complexity index is 625. The van der Waals surface area contributed by atoms with E-state index < -0.39 is 30.6 Å². The summed E-state index contributed by atoms with van der Waals surface area (Å²) in [6.45, 7) is -0.525. The molecule has 23 heavy (non-hydrogen) atoms. The molecule has 1 aliphatic heterocycles. The molecule has 0 saturated heterocycles. The molecule has 1 N–H and O–H groups in total. The quantitative estimate of drug-likeness (QED) is 0.830. The van der Waals surface area contributed by atoms with Gasteiger partial charge in [-0.1, -0.05) is 11.6 Å². The van der Waals surface area contributed by atoms with Crippen LogP contribution in [0.15, 0.2) is 18.2 Å². The normalized spacial score (nSPS) is 17.3. The third kappa shape index (κ3) is 4.00. The number of alkyl halides is 4. The third-order valence-electron chi connectivity index (χ3n) is 3.12. The van der Waals surface area contributed by atoms with E-state index in [1.54, 1.807) is 11.4 Å². The molecule has 0 aliphatic carbocycles. The van der Waals surface area contributed by atoms with Crippen LogP contribution in [-0.2, 0) is 9.59 Å². The molecule has 10 heteroatoms. The van der Waals surface area contributed by atoms with Crippen LogP contribution in [0.25, 0.3) is 0 Å². The summed E-state index contributed by atoms with van der Waals surface area (Å²) < 4.78 is 42.2. The summed E-state index contributed by atoms with van der Waals surface area (Å²) in [4.78, 5) is 24.2. The van der Waals surface area contributed by atoms with Gasteiger partial charge in [0.2, 0.25) is 5.91 Å². The zero-order chi connectivity index (χ0) is 17.2. The number of nitrogens with zero attached hydrogens (tertiary/aromatic N) is 1. The number of hydrogen-bond donors (Lipinski definition) is 1. The number of benzene rings is 1.